The number of aryl methyl sites for hydroxylation is 1. The molecule has 1 aromatic heterocycles. The quantitative estimate of drug-likeness (QED) is 0.837. The van der Waals surface area contributed by atoms with Crippen LogP contribution in [0.2, 0.25) is 5.02 Å². The van der Waals surface area contributed by atoms with E-state index in [9.17, 15) is 0 Å². The molecule has 1 aromatic carbocycles. The molecule has 3 rings (SSSR count). The molecule has 94 valence electrons. The minimum absolute atomic E-state index is 0.548. The van der Waals surface area contributed by atoms with Gasteiger partial charge in [0, 0.05) is 18.9 Å². The van der Waals surface area contributed by atoms with E-state index in [1.54, 1.807) is 6.20 Å². The molecule has 2 heterocycles. The molecule has 0 atom stereocenters. The number of imidazole rings is 1. The van der Waals surface area contributed by atoms with Gasteiger partial charge in [-0.05, 0) is 24.6 Å². The number of hydrogen-bond acceptors (Lipinski definition) is 3. The van der Waals surface area contributed by atoms with Crippen LogP contribution < -0.4 is 9.47 Å². The van der Waals surface area contributed by atoms with E-state index in [2.05, 4.69) is 9.55 Å². The smallest absolute Gasteiger partial charge is 0.179 e. The van der Waals surface area contributed by atoms with Gasteiger partial charge in [0.25, 0.3) is 0 Å². The van der Waals surface area contributed by atoms with Gasteiger partial charge in [-0.2, -0.15) is 0 Å². The Kier molecular flexibility index (Phi) is 2.88. The summed E-state index contributed by atoms with van der Waals surface area (Å²) in [7, 11) is 0. The van der Waals surface area contributed by atoms with Gasteiger partial charge in [0.1, 0.15) is 19.0 Å². The van der Waals surface area contributed by atoms with Crippen molar-refractivity contribution in [3.63, 3.8) is 0 Å². The molecular formula is C13H13ClN2O2. The molecule has 5 heteroatoms. The maximum atomic E-state index is 6.20. The van der Waals surface area contributed by atoms with E-state index < -0.39 is 0 Å². The van der Waals surface area contributed by atoms with Gasteiger partial charge < -0.3 is 14.0 Å². The standard InChI is InChI=1S/C13H13ClN2O2/c1-9-15-2-3-16(9)8-10-6-11(14)13-12(7-10)17-4-5-18-13/h2-3,6-7H,4-5,8H2,1H3. The Morgan fingerprint density at radius 2 is 2.17 bits per heavy atom. The predicted octanol–water partition coefficient (Wildman–Crippen LogP) is 2.66. The molecule has 18 heavy (non-hydrogen) atoms. The molecular weight excluding hydrogens is 252 g/mol. The van der Waals surface area contributed by atoms with Crippen LogP contribution in [0.1, 0.15) is 11.4 Å². The average Bonchev–Trinajstić information content (AvgIpc) is 2.75. The molecule has 0 aliphatic carbocycles. The number of nitrogens with zero attached hydrogens (tertiary/aromatic N) is 2. The third-order valence-corrected chi connectivity index (χ3v) is 3.21. The van der Waals surface area contributed by atoms with Crippen molar-refractivity contribution in [3.8, 4) is 11.5 Å². The summed E-state index contributed by atoms with van der Waals surface area (Å²) < 4.78 is 13.1. The molecule has 0 N–H and O–H groups in total. The summed E-state index contributed by atoms with van der Waals surface area (Å²) in [5.41, 5.74) is 1.07. The molecule has 0 saturated carbocycles. The first kappa shape index (κ1) is 11.4. The van der Waals surface area contributed by atoms with Crippen LogP contribution in [0.15, 0.2) is 24.5 Å². The van der Waals surface area contributed by atoms with Gasteiger partial charge >= 0.3 is 0 Å². The Morgan fingerprint density at radius 3 is 2.94 bits per heavy atom. The highest BCUT2D eigenvalue weighted by Gasteiger charge is 2.16. The lowest BCUT2D eigenvalue weighted by Crippen LogP contribution is -2.16. The Hall–Kier alpha value is -1.68. The topological polar surface area (TPSA) is 36.3 Å². The van der Waals surface area contributed by atoms with Crippen molar-refractivity contribution >= 4 is 11.6 Å². The lowest BCUT2D eigenvalue weighted by atomic mass is 10.2. The first-order valence-corrected chi connectivity index (χ1v) is 6.17. The van der Waals surface area contributed by atoms with E-state index >= 15 is 0 Å². The van der Waals surface area contributed by atoms with E-state index in [1.807, 2.05) is 25.3 Å². The summed E-state index contributed by atoms with van der Waals surface area (Å²) in [5, 5.41) is 0.597. The van der Waals surface area contributed by atoms with Crippen molar-refractivity contribution < 1.29 is 9.47 Å². The van der Waals surface area contributed by atoms with Crippen LogP contribution in [0.25, 0.3) is 0 Å². The molecule has 0 fully saturated rings. The summed E-state index contributed by atoms with van der Waals surface area (Å²) in [4.78, 5) is 4.20. The second kappa shape index (κ2) is 4.53. The highest BCUT2D eigenvalue weighted by Crippen LogP contribution is 2.38. The van der Waals surface area contributed by atoms with E-state index in [0.29, 0.717) is 24.0 Å². The van der Waals surface area contributed by atoms with Gasteiger partial charge in [-0.1, -0.05) is 11.6 Å². The fraction of sp³-hybridized carbons (Fsp3) is 0.308. The van der Waals surface area contributed by atoms with Gasteiger partial charge in [0.05, 0.1) is 5.02 Å². The zero-order valence-electron chi connectivity index (χ0n) is 10.0. The molecule has 4 nitrogen and oxygen atoms in total. The Balaban J connectivity index is 1.94. The normalized spacial score (nSPS) is 13.7. The number of rotatable bonds is 2. The largest absolute Gasteiger partial charge is 0.486 e. The second-order valence-electron chi connectivity index (χ2n) is 4.20. The lowest BCUT2D eigenvalue weighted by Gasteiger charge is -2.20. The van der Waals surface area contributed by atoms with Crippen molar-refractivity contribution in [2.24, 2.45) is 0 Å². The van der Waals surface area contributed by atoms with Crippen LogP contribution in [-0.4, -0.2) is 22.8 Å². The van der Waals surface area contributed by atoms with Crippen LogP contribution in [0.5, 0.6) is 11.5 Å². The number of ether oxygens (including phenoxy) is 2. The summed E-state index contributed by atoms with van der Waals surface area (Å²) in [6.07, 6.45) is 3.73. The minimum Gasteiger partial charge on any atom is -0.486 e. The van der Waals surface area contributed by atoms with Gasteiger partial charge in [-0.15, -0.1) is 0 Å². The maximum absolute atomic E-state index is 6.20. The SMILES string of the molecule is Cc1nccn1Cc1cc(Cl)c2c(c1)OCCO2. The highest BCUT2D eigenvalue weighted by atomic mass is 35.5. The van der Waals surface area contributed by atoms with E-state index in [4.69, 9.17) is 21.1 Å². The minimum atomic E-state index is 0.548. The first-order chi connectivity index (χ1) is 8.74. The van der Waals surface area contributed by atoms with Gasteiger partial charge in [-0.3, -0.25) is 0 Å². The van der Waals surface area contributed by atoms with E-state index in [1.165, 1.54) is 0 Å². The number of aromatic nitrogens is 2. The zero-order chi connectivity index (χ0) is 12.5. The third kappa shape index (κ3) is 2.04. The molecule has 0 bridgehead atoms. The molecule has 2 aromatic rings. The Morgan fingerprint density at radius 1 is 1.33 bits per heavy atom. The average molecular weight is 265 g/mol. The van der Waals surface area contributed by atoms with Crippen molar-refractivity contribution in [2.45, 2.75) is 13.5 Å². The molecule has 0 radical (unpaired) electrons. The molecule has 0 saturated heterocycles. The third-order valence-electron chi connectivity index (χ3n) is 2.93. The maximum Gasteiger partial charge on any atom is 0.179 e. The van der Waals surface area contributed by atoms with E-state index in [0.717, 1.165) is 23.7 Å². The van der Waals surface area contributed by atoms with Gasteiger partial charge in [0.15, 0.2) is 11.5 Å². The summed E-state index contributed by atoms with van der Waals surface area (Å²) in [6, 6.07) is 3.88. The van der Waals surface area contributed by atoms with Crippen LogP contribution in [0.3, 0.4) is 0 Å². The van der Waals surface area contributed by atoms with E-state index in [-0.39, 0.29) is 0 Å². The predicted molar refractivity (Wildman–Crippen MR) is 68.5 cm³/mol. The van der Waals surface area contributed by atoms with Crippen LogP contribution in [0, 0.1) is 6.92 Å². The van der Waals surface area contributed by atoms with Crippen LogP contribution in [-0.2, 0) is 6.54 Å². The Bertz CT molecular complexity index is 580. The van der Waals surface area contributed by atoms with Gasteiger partial charge in [-0.25, -0.2) is 4.98 Å². The molecule has 0 unspecified atom stereocenters. The van der Waals surface area contributed by atoms with Crippen molar-refractivity contribution in [2.75, 3.05) is 13.2 Å². The number of halogens is 1. The monoisotopic (exact) mass is 264 g/mol. The van der Waals surface area contributed by atoms with Crippen molar-refractivity contribution in [3.05, 3.63) is 40.9 Å². The number of benzene rings is 1. The van der Waals surface area contributed by atoms with Crippen molar-refractivity contribution in [1.29, 1.82) is 0 Å². The molecule has 1 aliphatic rings. The highest BCUT2D eigenvalue weighted by molar-refractivity contribution is 6.32. The first-order valence-electron chi connectivity index (χ1n) is 5.80. The summed E-state index contributed by atoms with van der Waals surface area (Å²) in [6.45, 7) is 3.81. The molecule has 1 aliphatic heterocycles. The van der Waals surface area contributed by atoms with Crippen molar-refractivity contribution in [1.82, 2.24) is 9.55 Å². The number of fused-ring (bicyclic) bond motifs is 1. The fourth-order valence-corrected chi connectivity index (χ4v) is 2.31. The second-order valence-corrected chi connectivity index (χ2v) is 4.61. The fourth-order valence-electron chi connectivity index (χ4n) is 2.02. The zero-order valence-corrected chi connectivity index (χ0v) is 10.8. The van der Waals surface area contributed by atoms with Gasteiger partial charge in [0.2, 0.25) is 0 Å². The Labute approximate surface area is 110 Å². The molecule has 0 spiro atoms. The lowest BCUT2D eigenvalue weighted by molar-refractivity contribution is 0.171. The summed E-state index contributed by atoms with van der Waals surface area (Å²) in [5.74, 6) is 2.34. The number of hydrogen-bond donors (Lipinski definition) is 0. The van der Waals surface area contributed by atoms with Crippen LogP contribution in [0.4, 0.5) is 0 Å². The summed E-state index contributed by atoms with van der Waals surface area (Å²) >= 11 is 6.20. The molecule has 0 amide bonds. The van der Waals surface area contributed by atoms with Crippen LogP contribution >= 0.6 is 11.6 Å².